The average Bonchev–Trinajstić information content (AvgIpc) is 3.40. The number of fused-ring (bicyclic) bond motifs is 4. The van der Waals surface area contributed by atoms with Gasteiger partial charge in [0, 0.05) is 18.7 Å². The van der Waals surface area contributed by atoms with Crippen molar-refractivity contribution in [2.45, 2.75) is 20.0 Å². The summed E-state index contributed by atoms with van der Waals surface area (Å²) in [4.78, 5) is 15.2. The number of aryl methyl sites for hydroxylation is 1. The Hall–Kier alpha value is -3.84. The Morgan fingerprint density at radius 2 is 1.88 bits per heavy atom. The Balaban J connectivity index is 1.30. The number of benzene rings is 3. The minimum atomic E-state index is -0.408. The zero-order valence-electron chi connectivity index (χ0n) is 17.9. The van der Waals surface area contributed by atoms with E-state index in [1.165, 1.54) is 12.1 Å². The second-order valence-corrected chi connectivity index (χ2v) is 8.28. The maximum atomic E-state index is 14.1. The van der Waals surface area contributed by atoms with Crippen LogP contribution in [0.5, 0.6) is 23.0 Å². The van der Waals surface area contributed by atoms with Crippen molar-refractivity contribution >= 4 is 11.9 Å². The SMILES string of the molecule is Cc1cc2c(c3c1C(=O)/C(=C/c1ccccc1F)O3)CN(Cc1ccc3c(c1)OCO3)CO2. The Morgan fingerprint density at radius 3 is 2.76 bits per heavy atom. The fourth-order valence-electron chi connectivity index (χ4n) is 4.41. The molecule has 0 aliphatic carbocycles. The largest absolute Gasteiger partial charge is 0.478 e. The summed E-state index contributed by atoms with van der Waals surface area (Å²) >= 11 is 0. The number of allylic oxidation sites excluding steroid dienone is 1. The molecule has 7 heteroatoms. The fourth-order valence-corrected chi connectivity index (χ4v) is 4.41. The molecule has 3 aliphatic rings. The number of Topliss-reactive ketones (excluding diaryl/α,β-unsaturated/α-hetero) is 1. The van der Waals surface area contributed by atoms with E-state index in [2.05, 4.69) is 4.90 Å². The molecule has 3 heterocycles. The third-order valence-electron chi connectivity index (χ3n) is 6.02. The summed E-state index contributed by atoms with van der Waals surface area (Å²) < 4.78 is 37.0. The van der Waals surface area contributed by atoms with Crippen molar-refractivity contribution in [2.24, 2.45) is 0 Å². The molecule has 0 atom stereocenters. The van der Waals surface area contributed by atoms with E-state index in [0.29, 0.717) is 42.4 Å². The minimum Gasteiger partial charge on any atom is -0.478 e. The molecule has 6 rings (SSSR count). The third-order valence-corrected chi connectivity index (χ3v) is 6.02. The van der Waals surface area contributed by atoms with Crippen LogP contribution >= 0.6 is 0 Å². The smallest absolute Gasteiger partial charge is 0.232 e. The van der Waals surface area contributed by atoms with Crippen LogP contribution < -0.4 is 18.9 Å². The van der Waals surface area contributed by atoms with Gasteiger partial charge in [-0.05, 0) is 48.4 Å². The summed E-state index contributed by atoms with van der Waals surface area (Å²) in [6, 6.07) is 14.0. The number of ketones is 1. The molecule has 0 saturated carbocycles. The van der Waals surface area contributed by atoms with Gasteiger partial charge in [0.05, 0.1) is 11.1 Å². The lowest BCUT2D eigenvalue weighted by Gasteiger charge is -2.30. The molecular formula is C26H20FNO5. The van der Waals surface area contributed by atoms with Gasteiger partial charge < -0.3 is 18.9 Å². The molecule has 0 fully saturated rings. The second kappa shape index (κ2) is 7.64. The van der Waals surface area contributed by atoms with Crippen LogP contribution in [-0.2, 0) is 13.1 Å². The third kappa shape index (κ3) is 3.41. The van der Waals surface area contributed by atoms with Crippen LogP contribution in [0.3, 0.4) is 0 Å². The van der Waals surface area contributed by atoms with Gasteiger partial charge in [0.15, 0.2) is 17.3 Å². The lowest BCUT2D eigenvalue weighted by atomic mass is 9.98. The summed E-state index contributed by atoms with van der Waals surface area (Å²) in [7, 11) is 0. The van der Waals surface area contributed by atoms with Crippen LogP contribution in [-0.4, -0.2) is 24.2 Å². The van der Waals surface area contributed by atoms with E-state index < -0.39 is 5.82 Å². The zero-order chi connectivity index (χ0) is 22.5. The summed E-state index contributed by atoms with van der Waals surface area (Å²) in [5, 5.41) is 0. The molecule has 33 heavy (non-hydrogen) atoms. The molecule has 0 bridgehead atoms. The van der Waals surface area contributed by atoms with E-state index >= 15 is 0 Å². The first-order chi connectivity index (χ1) is 16.1. The molecule has 0 saturated heterocycles. The number of carbonyl (C=O) groups is 1. The predicted octanol–water partition coefficient (Wildman–Crippen LogP) is 4.83. The predicted molar refractivity (Wildman–Crippen MR) is 118 cm³/mol. The Labute approximate surface area is 189 Å². The van der Waals surface area contributed by atoms with Crippen molar-refractivity contribution in [3.05, 3.63) is 87.9 Å². The van der Waals surface area contributed by atoms with Crippen molar-refractivity contribution in [1.82, 2.24) is 4.90 Å². The van der Waals surface area contributed by atoms with E-state index in [0.717, 1.165) is 28.2 Å². The van der Waals surface area contributed by atoms with E-state index in [-0.39, 0.29) is 18.3 Å². The normalized spacial score (nSPS) is 17.5. The summed E-state index contributed by atoms with van der Waals surface area (Å²) in [5.74, 6) is 2.13. The molecule has 3 aromatic carbocycles. The van der Waals surface area contributed by atoms with Gasteiger partial charge in [-0.1, -0.05) is 24.3 Å². The number of rotatable bonds is 3. The highest BCUT2D eigenvalue weighted by Gasteiger charge is 2.35. The Bertz CT molecular complexity index is 1330. The van der Waals surface area contributed by atoms with Crippen LogP contribution in [0.4, 0.5) is 4.39 Å². The first-order valence-electron chi connectivity index (χ1n) is 10.7. The van der Waals surface area contributed by atoms with Gasteiger partial charge in [0.2, 0.25) is 12.6 Å². The second-order valence-electron chi connectivity index (χ2n) is 8.28. The average molecular weight is 445 g/mol. The standard InChI is InChI=1S/C26H20FNO5/c1-15-8-21-18(12-28(13-30-21)11-16-6-7-20-22(9-16)32-14-31-20)26-24(15)25(29)23(33-26)10-17-4-2-3-5-19(17)27/h2-10H,11-14H2,1H3/b23-10-. The van der Waals surface area contributed by atoms with Gasteiger partial charge in [-0.15, -0.1) is 0 Å². The zero-order valence-corrected chi connectivity index (χ0v) is 17.9. The van der Waals surface area contributed by atoms with Gasteiger partial charge in [-0.3, -0.25) is 9.69 Å². The molecule has 3 aliphatic heterocycles. The summed E-state index contributed by atoms with van der Waals surface area (Å²) in [6.45, 7) is 3.68. The quantitative estimate of drug-likeness (QED) is 0.539. The van der Waals surface area contributed by atoms with Crippen LogP contribution in [0.1, 0.15) is 32.6 Å². The molecule has 0 spiro atoms. The summed E-state index contributed by atoms with van der Waals surface area (Å²) in [6.07, 6.45) is 1.46. The number of ether oxygens (including phenoxy) is 4. The van der Waals surface area contributed by atoms with E-state index in [9.17, 15) is 9.18 Å². The van der Waals surface area contributed by atoms with Crippen LogP contribution in [0.25, 0.3) is 6.08 Å². The van der Waals surface area contributed by atoms with Crippen molar-refractivity contribution in [3.63, 3.8) is 0 Å². The monoisotopic (exact) mass is 445 g/mol. The minimum absolute atomic E-state index is 0.111. The maximum absolute atomic E-state index is 14.1. The number of hydrogen-bond donors (Lipinski definition) is 0. The molecule has 0 aromatic heterocycles. The number of halogens is 1. The molecule has 0 unspecified atom stereocenters. The van der Waals surface area contributed by atoms with Gasteiger partial charge in [0.25, 0.3) is 0 Å². The number of nitrogens with zero attached hydrogens (tertiary/aromatic N) is 1. The van der Waals surface area contributed by atoms with Crippen LogP contribution in [0, 0.1) is 12.7 Å². The van der Waals surface area contributed by atoms with Gasteiger partial charge in [-0.25, -0.2) is 4.39 Å². The lowest BCUT2D eigenvalue weighted by Crippen LogP contribution is -2.31. The first kappa shape index (κ1) is 19.8. The highest BCUT2D eigenvalue weighted by Crippen LogP contribution is 2.44. The lowest BCUT2D eigenvalue weighted by molar-refractivity contribution is 0.0871. The highest BCUT2D eigenvalue weighted by atomic mass is 19.1. The van der Waals surface area contributed by atoms with E-state index in [1.54, 1.807) is 18.2 Å². The topological polar surface area (TPSA) is 57.2 Å². The molecule has 3 aromatic rings. The Kier molecular flexibility index (Phi) is 4.58. The molecule has 0 radical (unpaired) electrons. The molecule has 166 valence electrons. The van der Waals surface area contributed by atoms with Crippen molar-refractivity contribution in [2.75, 3.05) is 13.5 Å². The van der Waals surface area contributed by atoms with Crippen LogP contribution in [0.2, 0.25) is 0 Å². The van der Waals surface area contributed by atoms with E-state index in [4.69, 9.17) is 18.9 Å². The van der Waals surface area contributed by atoms with Gasteiger partial charge >= 0.3 is 0 Å². The maximum Gasteiger partial charge on any atom is 0.232 e. The van der Waals surface area contributed by atoms with Gasteiger partial charge in [0.1, 0.15) is 24.0 Å². The molecule has 0 amide bonds. The molecular weight excluding hydrogens is 425 g/mol. The van der Waals surface area contributed by atoms with Crippen LogP contribution in [0.15, 0.2) is 54.3 Å². The molecule has 0 N–H and O–H groups in total. The van der Waals surface area contributed by atoms with Crippen molar-refractivity contribution < 1.29 is 28.1 Å². The van der Waals surface area contributed by atoms with Gasteiger partial charge in [-0.2, -0.15) is 0 Å². The fraction of sp³-hybridized carbons (Fsp3) is 0.192. The highest BCUT2D eigenvalue weighted by molar-refractivity contribution is 6.15. The van der Waals surface area contributed by atoms with Crippen molar-refractivity contribution in [3.8, 4) is 23.0 Å². The number of hydrogen-bond acceptors (Lipinski definition) is 6. The molecule has 6 nitrogen and oxygen atoms in total. The first-order valence-corrected chi connectivity index (χ1v) is 10.7. The number of carbonyl (C=O) groups excluding carboxylic acids is 1. The Morgan fingerprint density at radius 1 is 1.03 bits per heavy atom. The van der Waals surface area contributed by atoms with E-state index in [1.807, 2.05) is 31.2 Å². The van der Waals surface area contributed by atoms with Crippen molar-refractivity contribution in [1.29, 1.82) is 0 Å². The summed E-state index contributed by atoms with van der Waals surface area (Å²) in [5.41, 5.74) is 3.46.